The summed E-state index contributed by atoms with van der Waals surface area (Å²) in [6.45, 7) is 4.46. The summed E-state index contributed by atoms with van der Waals surface area (Å²) in [5.74, 6) is 3.20. The highest BCUT2D eigenvalue weighted by Crippen LogP contribution is 2.35. The molecule has 1 saturated heterocycles. The first-order chi connectivity index (χ1) is 15.2. The predicted molar refractivity (Wildman–Crippen MR) is 108 cm³/mol. The Bertz CT molecular complexity index is 1050. The number of anilines is 1. The van der Waals surface area contributed by atoms with Crippen LogP contribution in [0.3, 0.4) is 0 Å². The summed E-state index contributed by atoms with van der Waals surface area (Å²) in [7, 11) is 0. The Balaban J connectivity index is 1.16. The summed E-state index contributed by atoms with van der Waals surface area (Å²) in [6, 6.07) is 9.04. The Hall–Kier alpha value is -3.89. The van der Waals surface area contributed by atoms with Crippen LogP contribution in [0.5, 0.6) is 17.2 Å². The molecule has 0 spiro atoms. The van der Waals surface area contributed by atoms with Crippen LogP contribution in [0.15, 0.2) is 43.0 Å². The van der Waals surface area contributed by atoms with Crippen molar-refractivity contribution in [2.24, 2.45) is 0 Å². The van der Waals surface area contributed by atoms with Crippen molar-refractivity contribution < 1.29 is 19.0 Å². The Morgan fingerprint density at radius 1 is 1.03 bits per heavy atom. The number of hydrogen-bond acceptors (Lipinski definition) is 9. The number of piperazine rings is 1. The van der Waals surface area contributed by atoms with Crippen molar-refractivity contribution in [1.29, 1.82) is 0 Å². The number of benzene rings is 1. The minimum absolute atomic E-state index is 0.0510. The molecule has 0 radical (unpaired) electrons. The molecule has 1 aromatic carbocycles. The fraction of sp³-hybridized carbons (Fsp3) is 0.350. The van der Waals surface area contributed by atoms with E-state index in [0.717, 1.165) is 5.82 Å². The molecule has 5 rings (SSSR count). The molecule has 2 aliphatic heterocycles. The van der Waals surface area contributed by atoms with Gasteiger partial charge in [0, 0.05) is 32.2 Å². The van der Waals surface area contributed by atoms with Crippen molar-refractivity contribution in [2.45, 2.75) is 13.0 Å². The summed E-state index contributed by atoms with van der Waals surface area (Å²) in [6.07, 6.45) is 2.41. The van der Waals surface area contributed by atoms with Crippen molar-refractivity contribution in [3.8, 4) is 23.1 Å². The quantitative estimate of drug-likeness (QED) is 0.591. The lowest BCUT2D eigenvalue weighted by atomic mass is 10.2. The number of nitrogens with zero attached hydrogens (tertiary/aromatic N) is 7. The van der Waals surface area contributed by atoms with Gasteiger partial charge in [0.1, 0.15) is 18.4 Å². The fourth-order valence-electron chi connectivity index (χ4n) is 3.55. The normalized spacial score (nSPS) is 16.3. The first-order valence-electron chi connectivity index (χ1n) is 9.96. The SMILES string of the molecule is C[C@@H](Oc1ccc2c(c1)OCO2)C(=O)N1CCN(c2ccc(-n3cncn3)nn2)CC1. The van der Waals surface area contributed by atoms with E-state index < -0.39 is 6.10 Å². The minimum atomic E-state index is -0.603. The van der Waals surface area contributed by atoms with Gasteiger partial charge in [-0.25, -0.2) is 9.67 Å². The average molecular weight is 423 g/mol. The molecular weight excluding hydrogens is 402 g/mol. The number of amides is 1. The third-order valence-corrected chi connectivity index (χ3v) is 5.21. The van der Waals surface area contributed by atoms with Crippen LogP contribution in [0, 0.1) is 0 Å². The summed E-state index contributed by atoms with van der Waals surface area (Å²) < 4.78 is 18.0. The van der Waals surface area contributed by atoms with Gasteiger partial charge >= 0.3 is 0 Å². The van der Waals surface area contributed by atoms with Crippen LogP contribution in [0.25, 0.3) is 5.82 Å². The second-order valence-corrected chi connectivity index (χ2v) is 7.18. The van der Waals surface area contributed by atoms with Gasteiger partial charge in [-0.3, -0.25) is 4.79 Å². The molecule has 3 aromatic rings. The van der Waals surface area contributed by atoms with E-state index in [9.17, 15) is 4.79 Å². The summed E-state index contributed by atoms with van der Waals surface area (Å²) in [4.78, 5) is 20.7. The molecular formula is C20H21N7O4. The van der Waals surface area contributed by atoms with Crippen molar-refractivity contribution >= 4 is 11.7 Å². The van der Waals surface area contributed by atoms with E-state index in [4.69, 9.17) is 14.2 Å². The molecule has 2 aliphatic rings. The van der Waals surface area contributed by atoms with Gasteiger partial charge in [-0.15, -0.1) is 10.2 Å². The van der Waals surface area contributed by atoms with E-state index in [1.54, 1.807) is 36.1 Å². The third-order valence-electron chi connectivity index (χ3n) is 5.21. The molecule has 0 bridgehead atoms. The number of carbonyl (C=O) groups excluding carboxylic acids is 1. The Morgan fingerprint density at radius 2 is 1.81 bits per heavy atom. The van der Waals surface area contributed by atoms with Crippen molar-refractivity contribution in [2.75, 3.05) is 37.9 Å². The zero-order valence-corrected chi connectivity index (χ0v) is 16.9. The van der Waals surface area contributed by atoms with Crippen molar-refractivity contribution in [3.63, 3.8) is 0 Å². The van der Waals surface area contributed by atoms with Gasteiger partial charge in [0.15, 0.2) is 29.2 Å². The van der Waals surface area contributed by atoms with Crippen LogP contribution in [0.2, 0.25) is 0 Å². The highest BCUT2D eigenvalue weighted by atomic mass is 16.7. The number of carbonyl (C=O) groups is 1. The molecule has 160 valence electrons. The third kappa shape index (κ3) is 3.93. The smallest absolute Gasteiger partial charge is 0.263 e. The van der Waals surface area contributed by atoms with Gasteiger partial charge in [0.2, 0.25) is 6.79 Å². The maximum absolute atomic E-state index is 12.8. The van der Waals surface area contributed by atoms with Gasteiger partial charge in [0.25, 0.3) is 5.91 Å². The number of fused-ring (bicyclic) bond motifs is 1. The van der Waals surface area contributed by atoms with E-state index in [1.807, 2.05) is 17.0 Å². The van der Waals surface area contributed by atoms with Gasteiger partial charge in [0.05, 0.1) is 0 Å². The first kappa shape index (κ1) is 19.1. The van der Waals surface area contributed by atoms with E-state index >= 15 is 0 Å². The molecule has 0 unspecified atom stereocenters. The summed E-state index contributed by atoms with van der Waals surface area (Å²) in [5.41, 5.74) is 0. The van der Waals surface area contributed by atoms with E-state index in [0.29, 0.717) is 49.2 Å². The number of rotatable bonds is 5. The van der Waals surface area contributed by atoms with Crippen molar-refractivity contribution in [3.05, 3.63) is 43.0 Å². The zero-order chi connectivity index (χ0) is 21.2. The standard InChI is InChI=1S/C20H21N7O4/c1-14(31-15-2-3-16-17(10-15)30-13-29-16)20(28)26-8-6-25(7-9-26)18-4-5-19(24-23-18)27-12-21-11-22-27/h2-5,10-12,14H,6-9,13H2,1H3/t14-/m1/s1. The van der Waals surface area contributed by atoms with Gasteiger partial charge in [-0.1, -0.05) is 0 Å². The van der Waals surface area contributed by atoms with Gasteiger partial charge in [-0.05, 0) is 31.2 Å². The van der Waals surface area contributed by atoms with E-state index in [-0.39, 0.29) is 12.7 Å². The molecule has 11 heteroatoms. The maximum Gasteiger partial charge on any atom is 0.263 e. The summed E-state index contributed by atoms with van der Waals surface area (Å²) >= 11 is 0. The van der Waals surface area contributed by atoms with E-state index in [1.165, 1.54) is 6.33 Å². The number of hydrogen-bond donors (Lipinski definition) is 0. The van der Waals surface area contributed by atoms with Gasteiger partial charge in [-0.2, -0.15) is 5.10 Å². The topological polar surface area (TPSA) is 108 Å². The second kappa shape index (κ2) is 8.09. The largest absolute Gasteiger partial charge is 0.481 e. The highest BCUT2D eigenvalue weighted by molar-refractivity contribution is 5.81. The van der Waals surface area contributed by atoms with Crippen LogP contribution in [0.4, 0.5) is 5.82 Å². The molecule has 1 atom stereocenters. The molecule has 31 heavy (non-hydrogen) atoms. The van der Waals surface area contributed by atoms with Gasteiger partial charge < -0.3 is 24.0 Å². The highest BCUT2D eigenvalue weighted by Gasteiger charge is 2.27. The minimum Gasteiger partial charge on any atom is -0.481 e. The lowest BCUT2D eigenvalue weighted by Gasteiger charge is -2.36. The molecule has 1 fully saturated rings. The Labute approximate surface area is 178 Å². The molecule has 1 amide bonds. The molecule has 4 heterocycles. The van der Waals surface area contributed by atoms with Crippen LogP contribution < -0.4 is 19.1 Å². The van der Waals surface area contributed by atoms with Crippen LogP contribution in [-0.4, -0.2) is 74.8 Å². The van der Waals surface area contributed by atoms with Crippen LogP contribution in [-0.2, 0) is 4.79 Å². The zero-order valence-electron chi connectivity index (χ0n) is 16.9. The maximum atomic E-state index is 12.8. The number of ether oxygens (including phenoxy) is 3. The predicted octanol–water partition coefficient (Wildman–Crippen LogP) is 0.902. The first-order valence-corrected chi connectivity index (χ1v) is 9.96. The monoisotopic (exact) mass is 423 g/mol. The summed E-state index contributed by atoms with van der Waals surface area (Å²) in [5, 5.41) is 12.5. The van der Waals surface area contributed by atoms with Crippen LogP contribution >= 0.6 is 0 Å². The van der Waals surface area contributed by atoms with E-state index in [2.05, 4.69) is 25.2 Å². The molecule has 11 nitrogen and oxygen atoms in total. The lowest BCUT2D eigenvalue weighted by Crippen LogP contribution is -2.52. The van der Waals surface area contributed by atoms with Crippen molar-refractivity contribution in [1.82, 2.24) is 29.9 Å². The molecule has 0 aliphatic carbocycles. The molecule has 0 saturated carbocycles. The second-order valence-electron chi connectivity index (χ2n) is 7.18. The lowest BCUT2D eigenvalue weighted by molar-refractivity contribution is -0.138. The molecule has 2 aromatic heterocycles. The van der Waals surface area contributed by atoms with Crippen LogP contribution in [0.1, 0.15) is 6.92 Å². The number of aromatic nitrogens is 5. The Kier molecular flexibility index (Phi) is 4.98. The fourth-order valence-corrected chi connectivity index (χ4v) is 3.55. The Morgan fingerprint density at radius 3 is 2.55 bits per heavy atom. The average Bonchev–Trinajstić information content (AvgIpc) is 3.51. The molecule has 0 N–H and O–H groups in total.